The molecule has 0 aliphatic rings. The van der Waals surface area contributed by atoms with Crippen molar-refractivity contribution >= 4 is 5.69 Å². The average molecular weight is 212 g/mol. The molecule has 1 aromatic rings. The first-order valence-electron chi connectivity index (χ1n) is 4.78. The zero-order valence-electron chi connectivity index (χ0n) is 8.50. The van der Waals surface area contributed by atoms with E-state index in [4.69, 9.17) is 0 Å². The molecule has 0 radical (unpaired) electrons. The molecule has 0 bridgehead atoms. The Balaban J connectivity index is 2.82. The number of hydrogen-bond donors (Lipinski definition) is 1. The Labute approximate surface area is 87.3 Å². The summed E-state index contributed by atoms with van der Waals surface area (Å²) in [5.74, 6) is -0.438. The van der Waals surface area contributed by atoms with E-state index >= 15 is 0 Å². The van der Waals surface area contributed by atoms with Crippen LogP contribution in [0.5, 0.6) is 0 Å². The maximum absolute atomic E-state index is 12.9. The monoisotopic (exact) mass is 212 g/mol. The van der Waals surface area contributed by atoms with Gasteiger partial charge in [-0.2, -0.15) is 0 Å². The number of benzene rings is 1. The molecular weight excluding hydrogens is 199 g/mol. The molecule has 4 nitrogen and oxygen atoms in total. The van der Waals surface area contributed by atoms with Crippen LogP contribution in [0.15, 0.2) is 18.2 Å². The fourth-order valence-corrected chi connectivity index (χ4v) is 1.33. The lowest BCUT2D eigenvalue weighted by Crippen LogP contribution is -2.16. The maximum Gasteiger partial charge on any atom is 0.272 e. The van der Waals surface area contributed by atoms with Crippen LogP contribution in [-0.2, 0) is 6.42 Å². The number of nitro groups is 1. The largest absolute Gasteiger partial charge is 0.317 e. The third-order valence-corrected chi connectivity index (χ3v) is 2.06. The lowest BCUT2D eigenvalue weighted by Gasteiger charge is -2.03. The van der Waals surface area contributed by atoms with Crippen LogP contribution in [-0.4, -0.2) is 18.0 Å². The summed E-state index contributed by atoms with van der Waals surface area (Å²) in [5, 5.41) is 13.7. The minimum Gasteiger partial charge on any atom is -0.317 e. The lowest BCUT2D eigenvalue weighted by molar-refractivity contribution is -0.385. The highest BCUT2D eigenvalue weighted by molar-refractivity contribution is 5.40. The van der Waals surface area contributed by atoms with E-state index in [1.54, 1.807) is 0 Å². The van der Waals surface area contributed by atoms with E-state index in [1.807, 2.05) is 6.92 Å². The predicted molar refractivity (Wildman–Crippen MR) is 55.3 cm³/mol. The molecule has 1 aromatic carbocycles. The summed E-state index contributed by atoms with van der Waals surface area (Å²) >= 11 is 0. The van der Waals surface area contributed by atoms with Gasteiger partial charge < -0.3 is 5.32 Å². The van der Waals surface area contributed by atoms with Crippen molar-refractivity contribution in [1.29, 1.82) is 0 Å². The van der Waals surface area contributed by atoms with Crippen molar-refractivity contribution in [2.45, 2.75) is 13.3 Å². The first-order valence-corrected chi connectivity index (χ1v) is 4.78. The van der Waals surface area contributed by atoms with Crippen LogP contribution in [0.25, 0.3) is 0 Å². The lowest BCUT2D eigenvalue weighted by atomic mass is 10.1. The highest BCUT2D eigenvalue weighted by Gasteiger charge is 2.13. The molecule has 1 N–H and O–H groups in total. The molecule has 5 heteroatoms. The third-order valence-electron chi connectivity index (χ3n) is 2.06. The van der Waals surface area contributed by atoms with Crippen molar-refractivity contribution in [3.05, 3.63) is 39.7 Å². The van der Waals surface area contributed by atoms with Crippen LogP contribution in [0.2, 0.25) is 0 Å². The van der Waals surface area contributed by atoms with Crippen molar-refractivity contribution in [3.8, 4) is 0 Å². The standard InChI is InChI=1S/C10H13FN2O2/c1-2-12-6-5-8-7-9(11)3-4-10(8)13(14)15/h3-4,7,12H,2,5-6H2,1H3. The second kappa shape index (κ2) is 5.41. The zero-order valence-corrected chi connectivity index (χ0v) is 8.50. The van der Waals surface area contributed by atoms with Crippen molar-refractivity contribution in [2.75, 3.05) is 13.1 Å². The molecule has 0 saturated carbocycles. The highest BCUT2D eigenvalue weighted by Crippen LogP contribution is 2.19. The van der Waals surface area contributed by atoms with E-state index < -0.39 is 10.7 Å². The normalized spacial score (nSPS) is 10.3. The first-order chi connectivity index (χ1) is 7.15. The number of hydrogen-bond acceptors (Lipinski definition) is 3. The Morgan fingerprint density at radius 1 is 1.53 bits per heavy atom. The number of nitro benzene ring substituents is 1. The minimum atomic E-state index is -0.485. The van der Waals surface area contributed by atoms with E-state index in [2.05, 4.69) is 5.32 Å². The van der Waals surface area contributed by atoms with Gasteiger partial charge in [-0.3, -0.25) is 10.1 Å². The molecule has 0 atom stereocenters. The molecule has 15 heavy (non-hydrogen) atoms. The minimum absolute atomic E-state index is 0.0192. The third kappa shape index (κ3) is 3.28. The van der Waals surface area contributed by atoms with Crippen molar-refractivity contribution in [3.63, 3.8) is 0 Å². The second-order valence-electron chi connectivity index (χ2n) is 3.13. The van der Waals surface area contributed by atoms with Gasteiger partial charge in [-0.15, -0.1) is 0 Å². The van der Waals surface area contributed by atoms with Gasteiger partial charge in [0.2, 0.25) is 0 Å². The topological polar surface area (TPSA) is 55.2 Å². The molecule has 0 aliphatic carbocycles. The van der Waals surface area contributed by atoms with Gasteiger partial charge in [0.05, 0.1) is 4.92 Å². The molecule has 0 saturated heterocycles. The predicted octanol–water partition coefficient (Wildman–Crippen LogP) is 1.89. The van der Waals surface area contributed by atoms with Gasteiger partial charge >= 0.3 is 0 Å². The van der Waals surface area contributed by atoms with Gasteiger partial charge in [0.1, 0.15) is 5.82 Å². The van der Waals surface area contributed by atoms with Gasteiger partial charge in [-0.1, -0.05) is 6.92 Å². The molecule has 0 unspecified atom stereocenters. The smallest absolute Gasteiger partial charge is 0.272 e. The highest BCUT2D eigenvalue weighted by atomic mass is 19.1. The molecule has 0 aromatic heterocycles. The van der Waals surface area contributed by atoms with E-state index in [9.17, 15) is 14.5 Å². The van der Waals surface area contributed by atoms with Crippen molar-refractivity contribution in [1.82, 2.24) is 5.32 Å². The Kier molecular flexibility index (Phi) is 4.17. The van der Waals surface area contributed by atoms with Gasteiger partial charge in [-0.05, 0) is 31.6 Å². The van der Waals surface area contributed by atoms with E-state index in [-0.39, 0.29) is 5.69 Å². The SMILES string of the molecule is CCNCCc1cc(F)ccc1[N+](=O)[O-]. The molecule has 0 aliphatic heterocycles. The molecular formula is C10H13FN2O2. The van der Waals surface area contributed by atoms with Crippen LogP contribution in [0.4, 0.5) is 10.1 Å². The average Bonchev–Trinajstić information content (AvgIpc) is 2.18. The number of nitrogens with one attached hydrogen (secondary N) is 1. The molecule has 0 heterocycles. The van der Waals surface area contributed by atoms with Crippen molar-refractivity contribution < 1.29 is 9.31 Å². The van der Waals surface area contributed by atoms with Crippen molar-refractivity contribution in [2.24, 2.45) is 0 Å². The number of rotatable bonds is 5. The summed E-state index contributed by atoms with van der Waals surface area (Å²) in [6.45, 7) is 3.35. The Morgan fingerprint density at radius 2 is 2.27 bits per heavy atom. The number of halogens is 1. The maximum atomic E-state index is 12.9. The Hall–Kier alpha value is -1.49. The Bertz CT molecular complexity index is 355. The molecule has 1 rings (SSSR count). The van der Waals surface area contributed by atoms with Crippen LogP contribution < -0.4 is 5.32 Å². The fraction of sp³-hybridized carbons (Fsp3) is 0.400. The van der Waals surface area contributed by atoms with Gasteiger partial charge in [0.25, 0.3) is 5.69 Å². The van der Waals surface area contributed by atoms with Gasteiger partial charge in [0.15, 0.2) is 0 Å². The van der Waals surface area contributed by atoms with E-state index in [1.165, 1.54) is 12.1 Å². The number of likely N-dealkylation sites (N-methyl/N-ethyl adjacent to an activating group) is 1. The second-order valence-corrected chi connectivity index (χ2v) is 3.13. The first kappa shape index (κ1) is 11.6. The summed E-state index contributed by atoms with van der Waals surface area (Å²) in [5.41, 5.74) is 0.412. The van der Waals surface area contributed by atoms with Crippen LogP contribution in [0.1, 0.15) is 12.5 Å². The summed E-state index contributed by atoms with van der Waals surface area (Å²) in [4.78, 5) is 10.1. The molecule has 82 valence electrons. The van der Waals surface area contributed by atoms with Crippen LogP contribution in [0.3, 0.4) is 0 Å². The number of nitrogens with zero attached hydrogens (tertiary/aromatic N) is 1. The van der Waals surface area contributed by atoms with E-state index in [0.717, 1.165) is 12.6 Å². The Morgan fingerprint density at radius 3 is 2.87 bits per heavy atom. The fourth-order valence-electron chi connectivity index (χ4n) is 1.33. The molecule has 0 spiro atoms. The quantitative estimate of drug-likeness (QED) is 0.460. The van der Waals surface area contributed by atoms with Gasteiger partial charge in [-0.25, -0.2) is 4.39 Å². The van der Waals surface area contributed by atoms with E-state index in [0.29, 0.717) is 18.5 Å². The zero-order chi connectivity index (χ0) is 11.3. The summed E-state index contributed by atoms with van der Waals surface area (Å²) < 4.78 is 12.9. The molecule has 0 fully saturated rings. The van der Waals surface area contributed by atoms with Crippen LogP contribution >= 0.6 is 0 Å². The van der Waals surface area contributed by atoms with Gasteiger partial charge in [0, 0.05) is 11.6 Å². The summed E-state index contributed by atoms with van der Waals surface area (Å²) in [7, 11) is 0. The van der Waals surface area contributed by atoms with Crippen LogP contribution in [0, 0.1) is 15.9 Å². The summed E-state index contributed by atoms with van der Waals surface area (Å²) in [6, 6.07) is 3.53. The summed E-state index contributed by atoms with van der Waals surface area (Å²) in [6.07, 6.45) is 0.460. The molecule has 0 amide bonds.